The van der Waals surface area contributed by atoms with Crippen LogP contribution in [0.1, 0.15) is 32.3 Å². The highest BCUT2D eigenvalue weighted by atomic mass is 16.6. The van der Waals surface area contributed by atoms with Gasteiger partial charge in [0, 0.05) is 6.54 Å². The minimum atomic E-state index is -1.33. The number of hydrogen-bond acceptors (Lipinski definition) is 5. The van der Waals surface area contributed by atoms with Crippen LogP contribution in [0.15, 0.2) is 30.3 Å². The van der Waals surface area contributed by atoms with Gasteiger partial charge in [0.15, 0.2) is 0 Å². The monoisotopic (exact) mass is 347 g/mol. The molecule has 0 bridgehead atoms. The topological polar surface area (TPSA) is 98.8 Å². The maximum Gasteiger partial charge on any atom is 0.410 e. The van der Waals surface area contributed by atoms with Crippen molar-refractivity contribution in [3.63, 3.8) is 0 Å². The number of nitrogens with one attached hydrogen (secondary N) is 1. The van der Waals surface area contributed by atoms with E-state index in [0.717, 1.165) is 5.56 Å². The molecule has 7 nitrogen and oxygen atoms in total. The molecule has 0 aliphatic carbocycles. The zero-order valence-corrected chi connectivity index (χ0v) is 14.4. The van der Waals surface area contributed by atoms with E-state index in [-0.39, 0.29) is 12.5 Å². The van der Waals surface area contributed by atoms with Gasteiger partial charge in [-0.25, -0.2) is 4.79 Å². The van der Waals surface area contributed by atoms with Gasteiger partial charge in [0.05, 0.1) is 12.0 Å². The van der Waals surface area contributed by atoms with Crippen molar-refractivity contribution < 1.29 is 24.2 Å². The first-order valence-corrected chi connectivity index (χ1v) is 8.38. The molecule has 1 fully saturated rings. The van der Waals surface area contributed by atoms with Crippen molar-refractivity contribution in [2.24, 2.45) is 5.92 Å². The molecule has 2 rings (SSSR count). The minimum Gasteiger partial charge on any atom is -0.548 e. The van der Waals surface area contributed by atoms with Crippen LogP contribution >= 0.6 is 0 Å². The van der Waals surface area contributed by atoms with Crippen LogP contribution in [0.5, 0.6) is 0 Å². The van der Waals surface area contributed by atoms with Gasteiger partial charge >= 0.3 is 6.09 Å². The summed E-state index contributed by atoms with van der Waals surface area (Å²) in [5.41, 5.74) is 0.855. The number of carbonyl (C=O) groups is 3. The van der Waals surface area contributed by atoms with Gasteiger partial charge in [-0.05, 0) is 24.3 Å². The molecule has 2 atom stereocenters. The van der Waals surface area contributed by atoms with Crippen molar-refractivity contribution in [1.82, 2.24) is 10.2 Å². The van der Waals surface area contributed by atoms with Gasteiger partial charge in [-0.1, -0.05) is 44.2 Å². The van der Waals surface area contributed by atoms with Crippen LogP contribution in [0.4, 0.5) is 4.79 Å². The lowest BCUT2D eigenvalue weighted by Gasteiger charge is -2.28. The number of benzene rings is 1. The summed E-state index contributed by atoms with van der Waals surface area (Å²) in [6, 6.07) is 7.44. The van der Waals surface area contributed by atoms with Gasteiger partial charge in [0.1, 0.15) is 12.6 Å². The first-order valence-electron chi connectivity index (χ1n) is 8.38. The Morgan fingerprint density at radius 2 is 1.96 bits per heavy atom. The maximum atomic E-state index is 12.4. The van der Waals surface area contributed by atoms with Crippen molar-refractivity contribution in [2.45, 2.75) is 45.4 Å². The van der Waals surface area contributed by atoms with E-state index in [4.69, 9.17) is 4.74 Å². The Morgan fingerprint density at radius 1 is 1.28 bits per heavy atom. The zero-order chi connectivity index (χ0) is 18.4. The van der Waals surface area contributed by atoms with E-state index in [1.165, 1.54) is 4.90 Å². The molecular weight excluding hydrogens is 324 g/mol. The van der Waals surface area contributed by atoms with E-state index in [0.29, 0.717) is 19.4 Å². The smallest absolute Gasteiger partial charge is 0.410 e. The lowest BCUT2D eigenvalue weighted by Crippen LogP contribution is -2.55. The lowest BCUT2D eigenvalue weighted by molar-refractivity contribution is -0.309. The molecule has 2 amide bonds. The Labute approximate surface area is 147 Å². The molecule has 25 heavy (non-hydrogen) atoms. The third-order valence-corrected chi connectivity index (χ3v) is 4.21. The quantitative estimate of drug-likeness (QED) is 0.816. The summed E-state index contributed by atoms with van der Waals surface area (Å²) < 4.78 is 5.27. The Bertz CT molecular complexity index is 617. The first kappa shape index (κ1) is 18.8. The average molecular weight is 347 g/mol. The van der Waals surface area contributed by atoms with Crippen molar-refractivity contribution in [1.29, 1.82) is 0 Å². The fourth-order valence-electron chi connectivity index (χ4n) is 2.81. The number of hydrogen-bond donors (Lipinski definition) is 1. The summed E-state index contributed by atoms with van der Waals surface area (Å²) in [6.07, 6.45) is 0.566. The lowest BCUT2D eigenvalue weighted by atomic mass is 10.0. The molecule has 0 spiro atoms. The highest BCUT2D eigenvalue weighted by Gasteiger charge is 2.36. The van der Waals surface area contributed by atoms with Gasteiger partial charge in [-0.3, -0.25) is 9.69 Å². The molecule has 1 heterocycles. The van der Waals surface area contributed by atoms with Crippen LogP contribution in [0.25, 0.3) is 0 Å². The second-order valence-electron chi connectivity index (χ2n) is 6.44. The number of carboxylic acids is 1. The number of ether oxygens (including phenoxy) is 1. The molecular formula is C18H23N2O5-. The van der Waals surface area contributed by atoms with Crippen molar-refractivity contribution >= 4 is 18.0 Å². The third kappa shape index (κ3) is 4.95. The summed E-state index contributed by atoms with van der Waals surface area (Å²) in [4.78, 5) is 37.2. The van der Waals surface area contributed by atoms with Crippen LogP contribution in [-0.2, 0) is 20.9 Å². The predicted molar refractivity (Wildman–Crippen MR) is 88.1 cm³/mol. The molecule has 7 heteroatoms. The van der Waals surface area contributed by atoms with E-state index in [2.05, 4.69) is 5.32 Å². The fourth-order valence-corrected chi connectivity index (χ4v) is 2.81. The number of carbonyl (C=O) groups excluding carboxylic acids is 3. The predicted octanol–water partition coefficient (Wildman–Crippen LogP) is 0.678. The van der Waals surface area contributed by atoms with Gasteiger partial charge in [0.2, 0.25) is 5.91 Å². The van der Waals surface area contributed by atoms with E-state index in [1.807, 2.05) is 30.3 Å². The van der Waals surface area contributed by atoms with Crippen LogP contribution in [-0.4, -0.2) is 41.5 Å². The Hall–Kier alpha value is -2.57. The van der Waals surface area contributed by atoms with Crippen LogP contribution in [0.3, 0.4) is 0 Å². The van der Waals surface area contributed by atoms with Crippen LogP contribution < -0.4 is 10.4 Å². The highest BCUT2D eigenvalue weighted by Crippen LogP contribution is 2.19. The van der Waals surface area contributed by atoms with Crippen molar-refractivity contribution in [3.05, 3.63) is 35.9 Å². The molecule has 0 unspecified atom stereocenters. The number of amides is 2. The van der Waals surface area contributed by atoms with E-state index < -0.39 is 30.1 Å². The SMILES string of the molecule is CC(C)[C@H](NC(=O)[C@@H]1CCCN1C(=O)OCc1ccccc1)C(=O)[O-]. The van der Waals surface area contributed by atoms with Gasteiger partial charge in [-0.15, -0.1) is 0 Å². The molecule has 136 valence electrons. The van der Waals surface area contributed by atoms with Gasteiger partial charge in [0.25, 0.3) is 0 Å². The second-order valence-corrected chi connectivity index (χ2v) is 6.44. The molecule has 1 aromatic rings. The Balaban J connectivity index is 1.95. The number of nitrogens with zero attached hydrogens (tertiary/aromatic N) is 1. The Morgan fingerprint density at radius 3 is 2.56 bits per heavy atom. The van der Waals surface area contributed by atoms with Crippen molar-refractivity contribution in [2.75, 3.05) is 6.54 Å². The summed E-state index contributed by atoms with van der Waals surface area (Å²) in [5.74, 6) is -2.13. The number of carboxylic acid groups (broad SMARTS) is 1. The summed E-state index contributed by atoms with van der Waals surface area (Å²) in [6.45, 7) is 3.89. The van der Waals surface area contributed by atoms with Crippen molar-refractivity contribution in [3.8, 4) is 0 Å². The third-order valence-electron chi connectivity index (χ3n) is 4.21. The van der Waals surface area contributed by atoms with Crippen LogP contribution in [0, 0.1) is 5.92 Å². The number of rotatable bonds is 6. The molecule has 1 aliphatic rings. The summed E-state index contributed by atoms with van der Waals surface area (Å²) >= 11 is 0. The molecule has 0 aromatic heterocycles. The molecule has 0 radical (unpaired) electrons. The summed E-state index contributed by atoms with van der Waals surface area (Å²) in [5, 5.41) is 13.6. The van der Waals surface area contributed by atoms with Crippen LogP contribution in [0.2, 0.25) is 0 Å². The molecule has 1 saturated heterocycles. The molecule has 1 N–H and O–H groups in total. The molecule has 1 aromatic carbocycles. The number of likely N-dealkylation sites (tertiary alicyclic amines) is 1. The normalized spacial score (nSPS) is 18.0. The van der Waals surface area contributed by atoms with Gasteiger partial charge < -0.3 is 20.0 Å². The fraction of sp³-hybridized carbons (Fsp3) is 0.500. The largest absolute Gasteiger partial charge is 0.548 e. The minimum absolute atomic E-state index is 0.123. The Kier molecular flexibility index (Phi) is 6.38. The number of aliphatic carboxylic acids is 1. The van der Waals surface area contributed by atoms with E-state index in [9.17, 15) is 19.5 Å². The molecule has 1 aliphatic heterocycles. The second kappa shape index (κ2) is 8.50. The summed E-state index contributed by atoms with van der Waals surface area (Å²) in [7, 11) is 0. The average Bonchev–Trinajstić information content (AvgIpc) is 3.07. The van der Waals surface area contributed by atoms with Gasteiger partial charge in [-0.2, -0.15) is 0 Å². The first-order chi connectivity index (χ1) is 11.9. The van der Waals surface area contributed by atoms with E-state index in [1.54, 1.807) is 13.8 Å². The maximum absolute atomic E-state index is 12.4. The zero-order valence-electron chi connectivity index (χ0n) is 14.4. The standard InChI is InChI=1S/C18H24N2O5/c1-12(2)15(17(22)23)19-16(21)14-9-6-10-20(14)18(24)25-11-13-7-4-3-5-8-13/h3-5,7-8,12,14-15H,6,9-11H2,1-2H3,(H,19,21)(H,22,23)/p-1/t14-,15-/m0/s1. The van der Waals surface area contributed by atoms with E-state index >= 15 is 0 Å². The molecule has 0 saturated carbocycles. The highest BCUT2D eigenvalue weighted by molar-refractivity contribution is 5.89.